The maximum Gasteiger partial charge on any atom is 0.239 e. The van der Waals surface area contributed by atoms with Gasteiger partial charge in [-0.15, -0.1) is 0 Å². The van der Waals surface area contributed by atoms with Gasteiger partial charge in [0.15, 0.2) is 0 Å². The molecule has 23 heavy (non-hydrogen) atoms. The monoisotopic (exact) mass is 376 g/mol. The van der Waals surface area contributed by atoms with Gasteiger partial charge >= 0.3 is 0 Å². The summed E-state index contributed by atoms with van der Waals surface area (Å²) >= 11 is 13.6. The number of rotatable bonds is 6. The first-order chi connectivity index (χ1) is 11.0. The average molecular weight is 377 g/mol. The molecule has 1 saturated heterocycles. The van der Waals surface area contributed by atoms with E-state index in [1.165, 1.54) is 0 Å². The number of amides is 1. The van der Waals surface area contributed by atoms with Crippen LogP contribution in [0.5, 0.6) is 5.75 Å². The lowest BCUT2D eigenvalue weighted by molar-refractivity contribution is -0.135. The topological polar surface area (TPSA) is 55.6 Å². The minimum absolute atomic E-state index is 0.0153. The van der Waals surface area contributed by atoms with E-state index in [-0.39, 0.29) is 12.0 Å². The number of carbonyl (C=O) groups excluding carboxylic acids is 1. The largest absolute Gasteiger partial charge is 0.489 e. The van der Waals surface area contributed by atoms with Crippen LogP contribution in [0.4, 0.5) is 0 Å². The van der Waals surface area contributed by atoms with Crippen LogP contribution in [0.15, 0.2) is 18.2 Å². The third-order valence-electron chi connectivity index (χ3n) is 3.83. The Balaban J connectivity index is 1.92. The van der Waals surface area contributed by atoms with Crippen LogP contribution in [0.2, 0.25) is 10.0 Å². The molecule has 1 fully saturated rings. The molecule has 1 heterocycles. The molecule has 2 N–H and O–H groups in total. The number of ether oxygens (including phenoxy) is 1. The zero-order valence-electron chi connectivity index (χ0n) is 13.1. The lowest BCUT2D eigenvalue weighted by Crippen LogP contribution is -2.50. The van der Waals surface area contributed by atoms with Crippen LogP contribution in [0.25, 0.3) is 0 Å². The smallest absolute Gasteiger partial charge is 0.239 e. The van der Waals surface area contributed by atoms with Gasteiger partial charge in [0.05, 0.1) is 22.6 Å². The molecule has 128 valence electrons. The average Bonchev–Trinajstić information content (AvgIpc) is 2.55. The highest BCUT2D eigenvalue weighted by atomic mass is 35.5. The van der Waals surface area contributed by atoms with Crippen molar-refractivity contribution in [2.24, 2.45) is 5.73 Å². The van der Waals surface area contributed by atoms with Gasteiger partial charge in [-0.2, -0.15) is 11.8 Å². The number of piperidine rings is 1. The summed E-state index contributed by atoms with van der Waals surface area (Å²) in [4.78, 5) is 14.2. The summed E-state index contributed by atoms with van der Waals surface area (Å²) in [5.74, 6) is 1.58. The van der Waals surface area contributed by atoms with E-state index in [1.807, 2.05) is 11.2 Å². The number of hydrogen-bond acceptors (Lipinski definition) is 4. The Morgan fingerprint density at radius 1 is 1.48 bits per heavy atom. The molecule has 0 saturated carbocycles. The van der Waals surface area contributed by atoms with Gasteiger partial charge < -0.3 is 15.4 Å². The summed E-state index contributed by atoms with van der Waals surface area (Å²) in [7, 11) is 0. The second-order valence-corrected chi connectivity index (χ2v) is 7.43. The predicted octanol–water partition coefficient (Wildman–Crippen LogP) is 3.44. The van der Waals surface area contributed by atoms with Crippen LogP contribution < -0.4 is 10.5 Å². The standard InChI is InChI=1S/C16H22Cl2N2O2S/c1-23-8-6-15(19)16(21)20-7-2-3-12(10-20)22-11-4-5-13(17)14(18)9-11/h4-5,9,12,15H,2-3,6-8,10,19H2,1H3/t12?,15-/m0/s1. The Hall–Kier alpha value is -0.620. The second kappa shape index (κ2) is 9.02. The first-order valence-electron chi connectivity index (χ1n) is 7.66. The fourth-order valence-electron chi connectivity index (χ4n) is 2.58. The van der Waals surface area contributed by atoms with Crippen LogP contribution in [0, 0.1) is 0 Å². The molecule has 1 amide bonds. The van der Waals surface area contributed by atoms with E-state index in [1.54, 1.807) is 30.0 Å². The molecule has 0 aliphatic carbocycles. The molecule has 0 radical (unpaired) electrons. The number of carbonyl (C=O) groups is 1. The molecule has 7 heteroatoms. The van der Waals surface area contributed by atoms with Crippen molar-refractivity contribution in [3.8, 4) is 5.75 Å². The normalized spacial score (nSPS) is 19.5. The molecule has 2 atom stereocenters. The van der Waals surface area contributed by atoms with E-state index in [2.05, 4.69) is 0 Å². The zero-order chi connectivity index (χ0) is 16.8. The van der Waals surface area contributed by atoms with E-state index < -0.39 is 6.04 Å². The molecule has 2 rings (SSSR count). The number of likely N-dealkylation sites (tertiary alicyclic amines) is 1. The Labute approximate surface area is 151 Å². The molecule has 0 bridgehead atoms. The fourth-order valence-corrected chi connectivity index (χ4v) is 3.36. The molecule has 0 spiro atoms. The number of halogens is 2. The molecule has 1 aromatic carbocycles. The fraction of sp³-hybridized carbons (Fsp3) is 0.562. The van der Waals surface area contributed by atoms with Gasteiger partial charge in [-0.05, 0) is 43.4 Å². The SMILES string of the molecule is CSCC[C@H](N)C(=O)N1CCCC(Oc2ccc(Cl)c(Cl)c2)C1. The summed E-state index contributed by atoms with van der Waals surface area (Å²) in [5, 5.41) is 0.964. The van der Waals surface area contributed by atoms with Gasteiger partial charge in [-0.25, -0.2) is 0 Å². The van der Waals surface area contributed by atoms with Crippen LogP contribution in [-0.2, 0) is 4.79 Å². The Morgan fingerprint density at radius 2 is 2.26 bits per heavy atom. The molecular formula is C16H22Cl2N2O2S. The molecule has 4 nitrogen and oxygen atoms in total. The van der Waals surface area contributed by atoms with Crippen LogP contribution in [-0.4, -0.2) is 48.1 Å². The van der Waals surface area contributed by atoms with Crippen molar-refractivity contribution in [1.82, 2.24) is 4.90 Å². The van der Waals surface area contributed by atoms with E-state index in [9.17, 15) is 4.79 Å². The van der Waals surface area contributed by atoms with Gasteiger partial charge in [0.2, 0.25) is 5.91 Å². The summed E-state index contributed by atoms with van der Waals surface area (Å²) in [6.45, 7) is 1.30. The van der Waals surface area contributed by atoms with Gasteiger partial charge in [0, 0.05) is 12.6 Å². The van der Waals surface area contributed by atoms with Crippen molar-refractivity contribution in [3.05, 3.63) is 28.2 Å². The van der Waals surface area contributed by atoms with Crippen LogP contribution in [0.3, 0.4) is 0 Å². The third kappa shape index (κ3) is 5.45. The van der Waals surface area contributed by atoms with Crippen molar-refractivity contribution >= 4 is 40.9 Å². The van der Waals surface area contributed by atoms with Crippen LogP contribution >= 0.6 is 35.0 Å². The Morgan fingerprint density at radius 3 is 2.96 bits per heavy atom. The first-order valence-corrected chi connectivity index (χ1v) is 9.81. The molecule has 0 aromatic heterocycles. The third-order valence-corrected chi connectivity index (χ3v) is 5.22. The van der Waals surface area contributed by atoms with Gasteiger partial charge in [-0.1, -0.05) is 23.2 Å². The van der Waals surface area contributed by atoms with Crippen LogP contribution in [0.1, 0.15) is 19.3 Å². The lowest BCUT2D eigenvalue weighted by Gasteiger charge is -2.34. The maximum atomic E-state index is 12.4. The minimum Gasteiger partial charge on any atom is -0.489 e. The first kappa shape index (κ1) is 18.7. The summed E-state index contributed by atoms with van der Waals surface area (Å²) < 4.78 is 5.95. The van der Waals surface area contributed by atoms with Gasteiger partial charge in [0.1, 0.15) is 11.9 Å². The maximum absolute atomic E-state index is 12.4. The van der Waals surface area contributed by atoms with E-state index in [0.717, 1.165) is 25.1 Å². The number of benzene rings is 1. The highest BCUT2D eigenvalue weighted by Gasteiger charge is 2.27. The predicted molar refractivity (Wildman–Crippen MR) is 97.7 cm³/mol. The molecule has 1 unspecified atom stereocenters. The van der Waals surface area contributed by atoms with Crippen molar-refractivity contribution in [2.75, 3.05) is 25.1 Å². The van der Waals surface area contributed by atoms with Gasteiger partial charge in [-0.3, -0.25) is 4.79 Å². The number of nitrogens with two attached hydrogens (primary N) is 1. The van der Waals surface area contributed by atoms with Crippen molar-refractivity contribution in [2.45, 2.75) is 31.4 Å². The minimum atomic E-state index is -0.425. The second-order valence-electron chi connectivity index (χ2n) is 5.63. The summed E-state index contributed by atoms with van der Waals surface area (Å²) in [5.41, 5.74) is 5.99. The summed E-state index contributed by atoms with van der Waals surface area (Å²) in [6.07, 6.45) is 4.49. The lowest BCUT2D eigenvalue weighted by atomic mass is 10.1. The Kier molecular flexibility index (Phi) is 7.34. The quantitative estimate of drug-likeness (QED) is 0.825. The summed E-state index contributed by atoms with van der Waals surface area (Å²) in [6, 6.07) is 4.78. The Bertz CT molecular complexity index is 545. The van der Waals surface area contributed by atoms with E-state index in [4.69, 9.17) is 33.7 Å². The van der Waals surface area contributed by atoms with Crippen molar-refractivity contribution in [3.63, 3.8) is 0 Å². The number of hydrogen-bond donors (Lipinski definition) is 1. The molecule has 1 aliphatic rings. The van der Waals surface area contributed by atoms with Crippen molar-refractivity contribution in [1.29, 1.82) is 0 Å². The molecule has 1 aromatic rings. The van der Waals surface area contributed by atoms with Crippen molar-refractivity contribution < 1.29 is 9.53 Å². The highest BCUT2D eigenvalue weighted by Crippen LogP contribution is 2.28. The van der Waals surface area contributed by atoms with E-state index in [0.29, 0.717) is 28.8 Å². The van der Waals surface area contributed by atoms with E-state index >= 15 is 0 Å². The molecule has 1 aliphatic heterocycles. The number of nitrogens with zero attached hydrogens (tertiary/aromatic N) is 1. The molecular weight excluding hydrogens is 355 g/mol. The number of thioether (sulfide) groups is 1. The zero-order valence-corrected chi connectivity index (χ0v) is 15.5. The highest BCUT2D eigenvalue weighted by molar-refractivity contribution is 7.98. The van der Waals surface area contributed by atoms with Gasteiger partial charge in [0.25, 0.3) is 0 Å².